The van der Waals surface area contributed by atoms with Crippen molar-refractivity contribution in [2.45, 2.75) is 32.1 Å². The maximum atomic E-state index is 12.4. The summed E-state index contributed by atoms with van der Waals surface area (Å²) in [6.07, 6.45) is -0.698. The average Bonchev–Trinajstić information content (AvgIpc) is 2.46. The Kier molecular flexibility index (Phi) is 5.45. The Morgan fingerprint density at radius 1 is 1.52 bits per heavy atom. The van der Waals surface area contributed by atoms with Crippen molar-refractivity contribution in [2.75, 3.05) is 19.7 Å². The number of carbonyl (C=O) groups excluding carboxylic acids is 1. The van der Waals surface area contributed by atoms with Crippen molar-refractivity contribution in [1.82, 2.24) is 4.90 Å². The van der Waals surface area contributed by atoms with Crippen molar-refractivity contribution in [2.24, 2.45) is 5.73 Å². The van der Waals surface area contributed by atoms with Crippen LogP contribution in [0.4, 0.5) is 0 Å². The molecule has 3 unspecified atom stereocenters. The number of halogens is 1. The lowest BCUT2D eigenvalue weighted by Gasteiger charge is -2.35. The second-order valence-corrected chi connectivity index (χ2v) is 5.71. The summed E-state index contributed by atoms with van der Waals surface area (Å²) in [4.78, 5) is 14.2. The zero-order valence-electron chi connectivity index (χ0n) is 12.3. The van der Waals surface area contributed by atoms with Gasteiger partial charge in [0.15, 0.2) is 6.10 Å². The zero-order valence-corrected chi connectivity index (χ0v) is 13.0. The van der Waals surface area contributed by atoms with E-state index < -0.39 is 6.10 Å². The molecule has 6 heteroatoms. The van der Waals surface area contributed by atoms with E-state index in [4.69, 9.17) is 26.8 Å². The topological polar surface area (TPSA) is 64.8 Å². The monoisotopic (exact) mass is 312 g/mol. The third kappa shape index (κ3) is 4.33. The molecule has 1 aromatic rings. The summed E-state index contributed by atoms with van der Waals surface area (Å²) in [5.41, 5.74) is 5.84. The van der Waals surface area contributed by atoms with E-state index in [0.29, 0.717) is 30.5 Å². The quantitative estimate of drug-likeness (QED) is 0.918. The lowest BCUT2D eigenvalue weighted by atomic mass is 10.1. The van der Waals surface area contributed by atoms with Gasteiger partial charge in [-0.3, -0.25) is 4.79 Å². The molecule has 1 aliphatic rings. The second-order valence-electron chi connectivity index (χ2n) is 5.27. The fourth-order valence-corrected chi connectivity index (χ4v) is 2.43. The van der Waals surface area contributed by atoms with Gasteiger partial charge in [0, 0.05) is 24.2 Å². The van der Waals surface area contributed by atoms with Crippen molar-refractivity contribution in [3.63, 3.8) is 0 Å². The van der Waals surface area contributed by atoms with E-state index in [1.807, 2.05) is 6.92 Å². The van der Waals surface area contributed by atoms with Crippen LogP contribution >= 0.6 is 11.6 Å². The largest absolute Gasteiger partial charge is 0.481 e. The number of nitrogens with two attached hydrogens (primary N) is 1. The molecule has 116 valence electrons. The number of nitrogens with zero attached hydrogens (tertiary/aromatic N) is 1. The van der Waals surface area contributed by atoms with E-state index >= 15 is 0 Å². The van der Waals surface area contributed by atoms with Gasteiger partial charge in [0.2, 0.25) is 0 Å². The zero-order chi connectivity index (χ0) is 15.4. The van der Waals surface area contributed by atoms with Crippen LogP contribution in [0.5, 0.6) is 5.75 Å². The van der Waals surface area contributed by atoms with Crippen LogP contribution in [0.15, 0.2) is 24.3 Å². The highest BCUT2D eigenvalue weighted by molar-refractivity contribution is 6.30. The molecule has 1 heterocycles. The van der Waals surface area contributed by atoms with Crippen LogP contribution < -0.4 is 10.5 Å². The van der Waals surface area contributed by atoms with Crippen LogP contribution in [-0.2, 0) is 9.53 Å². The van der Waals surface area contributed by atoms with Gasteiger partial charge in [0.25, 0.3) is 5.91 Å². The summed E-state index contributed by atoms with van der Waals surface area (Å²) >= 11 is 5.90. The normalized spacial score (nSPS) is 21.7. The number of benzene rings is 1. The maximum absolute atomic E-state index is 12.4. The minimum absolute atomic E-state index is 0.0658. The summed E-state index contributed by atoms with van der Waals surface area (Å²) in [6.45, 7) is 5.18. The summed E-state index contributed by atoms with van der Waals surface area (Å²) < 4.78 is 11.2. The molecule has 0 spiro atoms. The number of amides is 1. The highest BCUT2D eigenvalue weighted by Gasteiger charge is 2.29. The van der Waals surface area contributed by atoms with Crippen molar-refractivity contribution >= 4 is 17.5 Å². The van der Waals surface area contributed by atoms with Gasteiger partial charge in [-0.25, -0.2) is 0 Å². The van der Waals surface area contributed by atoms with E-state index in [1.54, 1.807) is 36.1 Å². The predicted octanol–water partition coefficient (Wildman–Crippen LogP) is 1.68. The summed E-state index contributed by atoms with van der Waals surface area (Å²) in [5.74, 6) is 0.518. The van der Waals surface area contributed by atoms with E-state index in [1.165, 1.54) is 0 Å². The third-order valence-corrected chi connectivity index (χ3v) is 3.68. The maximum Gasteiger partial charge on any atom is 0.263 e. The molecule has 0 radical (unpaired) electrons. The molecule has 0 aliphatic carbocycles. The first-order valence-corrected chi connectivity index (χ1v) is 7.43. The highest BCUT2D eigenvalue weighted by Crippen LogP contribution is 2.19. The fraction of sp³-hybridized carbons (Fsp3) is 0.533. The predicted molar refractivity (Wildman–Crippen MR) is 81.5 cm³/mol. The fourth-order valence-electron chi connectivity index (χ4n) is 2.25. The molecule has 1 fully saturated rings. The number of ether oxygens (including phenoxy) is 2. The number of morpholine rings is 1. The Labute approximate surface area is 130 Å². The molecule has 1 aliphatic heterocycles. The molecule has 0 saturated carbocycles. The molecule has 0 bridgehead atoms. The molecule has 1 saturated heterocycles. The Hall–Kier alpha value is -1.30. The summed E-state index contributed by atoms with van der Waals surface area (Å²) in [7, 11) is 0. The van der Waals surface area contributed by atoms with Crippen molar-refractivity contribution < 1.29 is 14.3 Å². The first-order chi connectivity index (χ1) is 9.97. The van der Waals surface area contributed by atoms with Gasteiger partial charge < -0.3 is 20.1 Å². The number of hydrogen-bond donors (Lipinski definition) is 1. The first-order valence-electron chi connectivity index (χ1n) is 7.05. The van der Waals surface area contributed by atoms with Gasteiger partial charge in [0.05, 0.1) is 12.7 Å². The molecular weight excluding hydrogens is 292 g/mol. The van der Waals surface area contributed by atoms with Gasteiger partial charge >= 0.3 is 0 Å². The molecule has 3 atom stereocenters. The van der Waals surface area contributed by atoms with Gasteiger partial charge in [0.1, 0.15) is 5.75 Å². The minimum atomic E-state index is -0.574. The van der Waals surface area contributed by atoms with Crippen LogP contribution in [0.3, 0.4) is 0 Å². The van der Waals surface area contributed by atoms with E-state index in [9.17, 15) is 4.79 Å². The lowest BCUT2D eigenvalue weighted by molar-refractivity contribution is -0.146. The van der Waals surface area contributed by atoms with Crippen LogP contribution in [-0.4, -0.2) is 48.8 Å². The smallest absolute Gasteiger partial charge is 0.263 e. The standard InChI is InChI=1S/C15H21ClN2O3/c1-10(17)14-9-18(6-7-20-14)15(19)11(2)21-13-5-3-4-12(16)8-13/h3-5,8,10-11,14H,6-7,9,17H2,1-2H3. The van der Waals surface area contributed by atoms with E-state index in [2.05, 4.69) is 0 Å². The molecule has 0 aromatic heterocycles. The van der Waals surface area contributed by atoms with Gasteiger partial charge in [-0.1, -0.05) is 17.7 Å². The SMILES string of the molecule is CC(Oc1cccc(Cl)c1)C(=O)N1CCOC(C(C)N)C1. The van der Waals surface area contributed by atoms with Crippen LogP contribution in [0, 0.1) is 0 Å². The Morgan fingerprint density at radius 2 is 2.29 bits per heavy atom. The highest BCUT2D eigenvalue weighted by atomic mass is 35.5. The Bertz CT molecular complexity index is 496. The second kappa shape index (κ2) is 7.11. The molecule has 21 heavy (non-hydrogen) atoms. The average molecular weight is 313 g/mol. The summed E-state index contributed by atoms with van der Waals surface area (Å²) in [6, 6.07) is 6.91. The molecule has 1 amide bonds. The molecular formula is C15H21ClN2O3. The van der Waals surface area contributed by atoms with Crippen molar-refractivity contribution in [3.8, 4) is 5.75 Å². The minimum Gasteiger partial charge on any atom is -0.481 e. The van der Waals surface area contributed by atoms with Gasteiger partial charge in [-0.05, 0) is 32.0 Å². The Balaban J connectivity index is 1.95. The third-order valence-electron chi connectivity index (χ3n) is 3.45. The number of hydrogen-bond acceptors (Lipinski definition) is 4. The number of rotatable bonds is 4. The van der Waals surface area contributed by atoms with Gasteiger partial charge in [-0.2, -0.15) is 0 Å². The lowest BCUT2D eigenvalue weighted by Crippen LogP contribution is -2.53. The Morgan fingerprint density at radius 3 is 2.95 bits per heavy atom. The molecule has 5 nitrogen and oxygen atoms in total. The van der Waals surface area contributed by atoms with Crippen LogP contribution in [0.1, 0.15) is 13.8 Å². The molecule has 2 N–H and O–H groups in total. The molecule has 2 rings (SSSR count). The van der Waals surface area contributed by atoms with E-state index in [-0.39, 0.29) is 18.1 Å². The molecule has 1 aromatic carbocycles. The van der Waals surface area contributed by atoms with Crippen molar-refractivity contribution in [1.29, 1.82) is 0 Å². The van der Waals surface area contributed by atoms with Crippen molar-refractivity contribution in [3.05, 3.63) is 29.3 Å². The summed E-state index contributed by atoms with van der Waals surface area (Å²) in [5, 5.41) is 0.579. The van der Waals surface area contributed by atoms with Crippen LogP contribution in [0.25, 0.3) is 0 Å². The first kappa shape index (κ1) is 16.1. The number of carbonyl (C=O) groups is 1. The van der Waals surface area contributed by atoms with Gasteiger partial charge in [-0.15, -0.1) is 0 Å². The van der Waals surface area contributed by atoms with Crippen LogP contribution in [0.2, 0.25) is 5.02 Å². The van der Waals surface area contributed by atoms with E-state index in [0.717, 1.165) is 0 Å².